The van der Waals surface area contributed by atoms with Gasteiger partial charge in [0.15, 0.2) is 0 Å². The molecular weight excluding hydrogens is 248 g/mol. The van der Waals surface area contributed by atoms with E-state index < -0.39 is 24.0 Å². The Morgan fingerprint density at radius 2 is 2.24 bits per heavy atom. The predicted octanol–water partition coefficient (Wildman–Crippen LogP) is -0.281. The van der Waals surface area contributed by atoms with Crippen molar-refractivity contribution in [2.45, 2.75) is 12.5 Å². The topological polar surface area (TPSA) is 95.9 Å². The highest BCUT2D eigenvalue weighted by molar-refractivity contribution is 7.99. The van der Waals surface area contributed by atoms with Crippen LogP contribution in [-0.4, -0.2) is 59.3 Å². The van der Waals surface area contributed by atoms with Gasteiger partial charge in [0.25, 0.3) is 0 Å². The molecule has 17 heavy (non-hydrogen) atoms. The molecule has 1 unspecified atom stereocenters. The molecule has 0 saturated carbocycles. The van der Waals surface area contributed by atoms with Crippen molar-refractivity contribution in [3.8, 4) is 0 Å². The minimum Gasteiger partial charge on any atom is -0.480 e. The fourth-order valence-corrected chi connectivity index (χ4v) is 2.47. The Morgan fingerprint density at radius 3 is 2.82 bits per heavy atom. The second kappa shape index (κ2) is 6.33. The van der Waals surface area contributed by atoms with Crippen LogP contribution in [0.4, 0.5) is 4.79 Å². The van der Waals surface area contributed by atoms with E-state index in [1.807, 2.05) is 0 Å². The lowest BCUT2D eigenvalue weighted by Crippen LogP contribution is -2.47. The van der Waals surface area contributed by atoms with Crippen molar-refractivity contribution in [1.82, 2.24) is 10.2 Å². The van der Waals surface area contributed by atoms with Gasteiger partial charge in [0.05, 0.1) is 19.4 Å². The standard InChI is InChI=1S/C9H14N2O5S/c1-16-7(12)2-3-10-9(15)11-5-17-4-6(11)8(13)14/h6H,2-5H2,1H3,(H,10,15)(H,13,14). The van der Waals surface area contributed by atoms with E-state index in [2.05, 4.69) is 10.1 Å². The molecule has 8 heteroatoms. The van der Waals surface area contributed by atoms with E-state index in [1.54, 1.807) is 0 Å². The molecule has 7 nitrogen and oxygen atoms in total. The van der Waals surface area contributed by atoms with Crippen LogP contribution in [0.15, 0.2) is 0 Å². The summed E-state index contributed by atoms with van der Waals surface area (Å²) in [6.07, 6.45) is 0.0704. The van der Waals surface area contributed by atoms with Gasteiger partial charge in [-0.15, -0.1) is 11.8 Å². The fraction of sp³-hybridized carbons (Fsp3) is 0.667. The zero-order chi connectivity index (χ0) is 12.8. The monoisotopic (exact) mass is 262 g/mol. The number of methoxy groups -OCH3 is 1. The first kappa shape index (κ1) is 13.6. The number of carbonyl (C=O) groups excluding carboxylic acids is 2. The molecule has 1 fully saturated rings. The highest BCUT2D eigenvalue weighted by Gasteiger charge is 2.34. The van der Waals surface area contributed by atoms with Crippen molar-refractivity contribution in [3.05, 3.63) is 0 Å². The minimum absolute atomic E-state index is 0.0704. The molecule has 96 valence electrons. The minimum atomic E-state index is -1.02. The molecule has 0 spiro atoms. The maximum Gasteiger partial charge on any atom is 0.327 e. The number of rotatable bonds is 4. The van der Waals surface area contributed by atoms with E-state index in [9.17, 15) is 14.4 Å². The van der Waals surface area contributed by atoms with Crippen LogP contribution in [0, 0.1) is 0 Å². The second-order valence-electron chi connectivity index (χ2n) is 3.38. The summed E-state index contributed by atoms with van der Waals surface area (Å²) in [4.78, 5) is 34.5. The number of hydrogen-bond acceptors (Lipinski definition) is 5. The number of esters is 1. The lowest BCUT2D eigenvalue weighted by Gasteiger charge is -2.20. The molecule has 1 aliphatic rings. The molecule has 2 N–H and O–H groups in total. The van der Waals surface area contributed by atoms with E-state index in [0.717, 1.165) is 0 Å². The molecule has 0 aromatic rings. The Balaban J connectivity index is 2.37. The van der Waals surface area contributed by atoms with Crippen molar-refractivity contribution in [1.29, 1.82) is 0 Å². The van der Waals surface area contributed by atoms with Crippen molar-refractivity contribution >= 4 is 29.7 Å². The van der Waals surface area contributed by atoms with Gasteiger partial charge < -0.3 is 20.1 Å². The van der Waals surface area contributed by atoms with Crippen LogP contribution in [0.25, 0.3) is 0 Å². The Morgan fingerprint density at radius 1 is 1.53 bits per heavy atom. The summed E-state index contributed by atoms with van der Waals surface area (Å²) < 4.78 is 4.41. The number of thioether (sulfide) groups is 1. The molecule has 1 heterocycles. The summed E-state index contributed by atoms with van der Waals surface area (Å²) in [5.74, 6) is -0.699. The van der Waals surface area contributed by atoms with Crippen LogP contribution in [0.1, 0.15) is 6.42 Å². The Kier molecular flexibility index (Phi) is 5.08. The molecule has 0 bridgehead atoms. The van der Waals surface area contributed by atoms with E-state index in [4.69, 9.17) is 5.11 Å². The SMILES string of the molecule is COC(=O)CCNC(=O)N1CSCC1C(=O)O. The third-order valence-electron chi connectivity index (χ3n) is 2.26. The van der Waals surface area contributed by atoms with Crippen LogP contribution in [0.2, 0.25) is 0 Å². The lowest BCUT2D eigenvalue weighted by atomic mass is 10.3. The number of nitrogens with one attached hydrogen (secondary N) is 1. The van der Waals surface area contributed by atoms with Crippen LogP contribution >= 0.6 is 11.8 Å². The van der Waals surface area contributed by atoms with Gasteiger partial charge in [-0.2, -0.15) is 0 Å². The zero-order valence-electron chi connectivity index (χ0n) is 9.34. The molecule has 0 aliphatic carbocycles. The fourth-order valence-electron chi connectivity index (χ4n) is 1.32. The first-order valence-corrected chi connectivity index (χ1v) is 6.13. The molecule has 0 radical (unpaired) electrons. The van der Waals surface area contributed by atoms with Crippen LogP contribution in [0.5, 0.6) is 0 Å². The molecule has 1 saturated heterocycles. The van der Waals surface area contributed by atoms with Crippen molar-refractivity contribution in [2.24, 2.45) is 0 Å². The quantitative estimate of drug-likeness (QED) is 0.676. The number of nitrogens with zero attached hydrogens (tertiary/aromatic N) is 1. The van der Waals surface area contributed by atoms with E-state index in [-0.39, 0.29) is 13.0 Å². The number of ether oxygens (including phenoxy) is 1. The van der Waals surface area contributed by atoms with Crippen molar-refractivity contribution in [3.63, 3.8) is 0 Å². The normalized spacial score (nSPS) is 18.9. The van der Waals surface area contributed by atoms with Gasteiger partial charge in [-0.05, 0) is 0 Å². The highest BCUT2D eigenvalue weighted by Crippen LogP contribution is 2.20. The lowest BCUT2D eigenvalue weighted by molar-refractivity contribution is -0.141. The second-order valence-corrected chi connectivity index (χ2v) is 4.38. The molecule has 1 atom stereocenters. The van der Waals surface area contributed by atoms with Gasteiger partial charge in [-0.25, -0.2) is 9.59 Å². The Bertz CT molecular complexity index is 323. The molecular formula is C9H14N2O5S. The molecule has 0 aromatic heterocycles. The average Bonchev–Trinajstić information content (AvgIpc) is 2.77. The van der Waals surface area contributed by atoms with E-state index in [1.165, 1.54) is 23.8 Å². The van der Waals surface area contributed by atoms with E-state index >= 15 is 0 Å². The first-order chi connectivity index (χ1) is 8.06. The van der Waals surface area contributed by atoms with Gasteiger partial charge in [-0.3, -0.25) is 4.79 Å². The Hall–Kier alpha value is -1.44. The highest BCUT2D eigenvalue weighted by atomic mass is 32.2. The van der Waals surface area contributed by atoms with Gasteiger partial charge in [0.2, 0.25) is 0 Å². The molecule has 2 amide bonds. The largest absolute Gasteiger partial charge is 0.480 e. The molecule has 1 aliphatic heterocycles. The van der Waals surface area contributed by atoms with Crippen LogP contribution in [-0.2, 0) is 14.3 Å². The van der Waals surface area contributed by atoms with Gasteiger partial charge in [-0.1, -0.05) is 0 Å². The molecule has 1 rings (SSSR count). The maximum atomic E-state index is 11.6. The number of carbonyl (C=O) groups is 3. The predicted molar refractivity (Wildman–Crippen MR) is 60.6 cm³/mol. The summed E-state index contributed by atoms with van der Waals surface area (Å²) in [6.45, 7) is 0.138. The number of urea groups is 1. The van der Waals surface area contributed by atoms with Crippen LogP contribution in [0.3, 0.4) is 0 Å². The third kappa shape index (κ3) is 3.81. The summed E-state index contributed by atoms with van der Waals surface area (Å²) in [5, 5.41) is 11.4. The number of carboxylic acids is 1. The number of hydrogen-bond donors (Lipinski definition) is 2. The van der Waals surface area contributed by atoms with Gasteiger partial charge >= 0.3 is 18.0 Å². The summed E-state index contributed by atoms with van der Waals surface area (Å²) in [6, 6.07) is -1.26. The average molecular weight is 262 g/mol. The maximum absolute atomic E-state index is 11.6. The smallest absolute Gasteiger partial charge is 0.327 e. The summed E-state index contributed by atoms with van der Waals surface area (Å²) in [5.41, 5.74) is 0. The summed E-state index contributed by atoms with van der Waals surface area (Å²) >= 11 is 1.38. The number of amides is 2. The first-order valence-electron chi connectivity index (χ1n) is 4.98. The molecule has 0 aromatic carbocycles. The summed E-state index contributed by atoms with van der Waals surface area (Å²) in [7, 11) is 1.27. The van der Waals surface area contributed by atoms with E-state index in [0.29, 0.717) is 11.6 Å². The van der Waals surface area contributed by atoms with Crippen molar-refractivity contribution in [2.75, 3.05) is 25.3 Å². The van der Waals surface area contributed by atoms with Gasteiger partial charge in [0, 0.05) is 12.3 Å². The van der Waals surface area contributed by atoms with Gasteiger partial charge in [0.1, 0.15) is 6.04 Å². The van der Waals surface area contributed by atoms with Crippen LogP contribution < -0.4 is 5.32 Å². The zero-order valence-corrected chi connectivity index (χ0v) is 10.2. The third-order valence-corrected chi connectivity index (χ3v) is 3.27. The van der Waals surface area contributed by atoms with Crippen molar-refractivity contribution < 1.29 is 24.2 Å². The Labute approximate surface area is 102 Å². The number of carboxylic acid groups (broad SMARTS) is 1. The number of aliphatic carboxylic acids is 1.